The summed E-state index contributed by atoms with van der Waals surface area (Å²) in [6.45, 7) is 3.07. The minimum Gasteiger partial charge on any atom is -0.384 e. The van der Waals surface area contributed by atoms with E-state index >= 15 is 0 Å². The van der Waals surface area contributed by atoms with E-state index in [4.69, 9.17) is 16.3 Å². The fraction of sp³-hybridized carbons (Fsp3) is 0.520. The zero-order valence-corrected chi connectivity index (χ0v) is 20.4. The number of methoxy groups -OCH3 is 1. The van der Waals surface area contributed by atoms with Crippen molar-refractivity contribution in [2.45, 2.75) is 51.5 Å². The van der Waals surface area contributed by atoms with Crippen molar-refractivity contribution < 1.29 is 19.1 Å². The summed E-state index contributed by atoms with van der Waals surface area (Å²) in [6.07, 6.45) is 5.30. The number of rotatable bonds is 8. The van der Waals surface area contributed by atoms with Crippen LogP contribution in [-0.2, 0) is 9.53 Å². The predicted octanol–water partition coefficient (Wildman–Crippen LogP) is 4.01. The summed E-state index contributed by atoms with van der Waals surface area (Å²) in [5.41, 5.74) is 0.812. The highest BCUT2D eigenvalue weighted by molar-refractivity contribution is 6.31. The smallest absolute Gasteiger partial charge is 0.270 e. The van der Waals surface area contributed by atoms with Gasteiger partial charge < -0.3 is 19.9 Å². The maximum absolute atomic E-state index is 13.3. The number of ether oxygens (including phenoxy) is 1. The van der Waals surface area contributed by atoms with Gasteiger partial charge in [0.05, 0.1) is 11.7 Å². The van der Waals surface area contributed by atoms with Crippen LogP contribution in [0.2, 0.25) is 5.02 Å². The average molecular weight is 487 g/mol. The number of Topliss-reactive ketones (excluding diaryl/α,β-unsaturated/α-hetero) is 1. The highest BCUT2D eigenvalue weighted by Crippen LogP contribution is 2.46. The molecular formula is C25H31ClN4O4. The summed E-state index contributed by atoms with van der Waals surface area (Å²) in [7, 11) is 1.59. The third-order valence-electron chi connectivity index (χ3n) is 7.03. The Bertz CT molecular complexity index is 1060. The van der Waals surface area contributed by atoms with E-state index in [0.717, 1.165) is 24.9 Å². The van der Waals surface area contributed by atoms with Gasteiger partial charge >= 0.3 is 0 Å². The number of anilines is 1. The molecule has 1 saturated heterocycles. The number of ketones is 1. The molecule has 0 radical (unpaired) electrons. The van der Waals surface area contributed by atoms with E-state index in [2.05, 4.69) is 15.3 Å². The van der Waals surface area contributed by atoms with E-state index in [9.17, 15) is 14.4 Å². The number of nitrogens with zero attached hydrogens (tertiary/aromatic N) is 2. The van der Waals surface area contributed by atoms with Gasteiger partial charge in [0.2, 0.25) is 5.91 Å². The Kier molecular flexibility index (Phi) is 7.38. The number of hydrogen-bond donors (Lipinski definition) is 2. The van der Waals surface area contributed by atoms with Crippen LogP contribution in [0.3, 0.4) is 0 Å². The van der Waals surface area contributed by atoms with E-state index in [0.29, 0.717) is 31.0 Å². The third-order valence-corrected chi connectivity index (χ3v) is 7.26. The normalized spacial score (nSPS) is 23.3. The van der Waals surface area contributed by atoms with Crippen molar-refractivity contribution in [1.82, 2.24) is 15.3 Å². The highest BCUT2D eigenvalue weighted by Gasteiger charge is 2.48. The van der Waals surface area contributed by atoms with E-state index in [1.54, 1.807) is 13.2 Å². The van der Waals surface area contributed by atoms with Crippen LogP contribution in [0.5, 0.6) is 0 Å². The number of H-pyrrole nitrogens is 1. The summed E-state index contributed by atoms with van der Waals surface area (Å²) in [6, 6.07) is 7.34. The molecule has 2 amide bonds. The lowest BCUT2D eigenvalue weighted by Gasteiger charge is -2.36. The van der Waals surface area contributed by atoms with Crippen LogP contribution in [0.25, 0.3) is 0 Å². The van der Waals surface area contributed by atoms with Gasteiger partial charge in [-0.1, -0.05) is 24.6 Å². The van der Waals surface area contributed by atoms with Gasteiger partial charge in [0, 0.05) is 43.4 Å². The average Bonchev–Trinajstić information content (AvgIpc) is 3.42. The van der Waals surface area contributed by atoms with Gasteiger partial charge in [-0.05, 0) is 56.2 Å². The number of aromatic nitrogens is 2. The number of halogens is 1. The van der Waals surface area contributed by atoms with Gasteiger partial charge in [0.1, 0.15) is 11.4 Å². The summed E-state index contributed by atoms with van der Waals surface area (Å²) >= 11 is 6.12. The number of imidazole rings is 1. The number of aromatic amines is 1. The second-order valence-corrected chi connectivity index (χ2v) is 9.97. The number of carbonyl (C=O) groups is 3. The first-order valence-electron chi connectivity index (χ1n) is 11.8. The fourth-order valence-corrected chi connectivity index (χ4v) is 5.37. The van der Waals surface area contributed by atoms with Gasteiger partial charge in [-0.15, -0.1) is 0 Å². The maximum atomic E-state index is 13.3. The molecule has 1 spiro atoms. The molecule has 1 aliphatic heterocycles. The number of benzene rings is 1. The molecule has 34 heavy (non-hydrogen) atoms. The lowest BCUT2D eigenvalue weighted by atomic mass is 9.71. The molecule has 1 atom stereocenters. The van der Waals surface area contributed by atoms with E-state index in [1.165, 1.54) is 6.33 Å². The zero-order chi connectivity index (χ0) is 24.3. The minimum atomic E-state index is -0.379. The van der Waals surface area contributed by atoms with Crippen molar-refractivity contribution in [3.8, 4) is 0 Å². The number of hydrogen-bond acceptors (Lipinski definition) is 5. The van der Waals surface area contributed by atoms with Gasteiger partial charge in [0.25, 0.3) is 5.91 Å². The van der Waals surface area contributed by atoms with Crippen LogP contribution >= 0.6 is 11.6 Å². The second-order valence-electron chi connectivity index (χ2n) is 9.53. The van der Waals surface area contributed by atoms with Crippen LogP contribution in [0.1, 0.15) is 66.4 Å². The van der Waals surface area contributed by atoms with Crippen LogP contribution in [0.4, 0.5) is 5.69 Å². The molecule has 2 fully saturated rings. The van der Waals surface area contributed by atoms with Gasteiger partial charge in [-0.3, -0.25) is 14.4 Å². The van der Waals surface area contributed by atoms with Crippen LogP contribution < -0.4 is 10.2 Å². The predicted molar refractivity (Wildman–Crippen MR) is 129 cm³/mol. The highest BCUT2D eigenvalue weighted by atomic mass is 35.5. The second kappa shape index (κ2) is 10.3. The topological polar surface area (TPSA) is 104 Å². The van der Waals surface area contributed by atoms with Gasteiger partial charge in [-0.2, -0.15) is 0 Å². The van der Waals surface area contributed by atoms with Gasteiger partial charge in [-0.25, -0.2) is 4.98 Å². The van der Waals surface area contributed by atoms with E-state index < -0.39 is 0 Å². The monoisotopic (exact) mass is 486 g/mol. The number of nitrogens with one attached hydrogen (secondary N) is 2. The molecule has 2 N–H and O–H groups in total. The van der Waals surface area contributed by atoms with Crippen molar-refractivity contribution >= 4 is 34.9 Å². The third kappa shape index (κ3) is 5.03. The SMILES string of the molecule is COCC(C)CC(=O)c1nc[nH]c1C(=O)NC1CCC2(CC1)CCN(c1cccc(Cl)c1)C2=O. The Balaban J connectivity index is 1.34. The molecule has 1 aromatic carbocycles. The van der Waals surface area contributed by atoms with Crippen molar-refractivity contribution in [2.75, 3.05) is 25.2 Å². The molecule has 2 aromatic rings. The lowest BCUT2D eigenvalue weighted by molar-refractivity contribution is -0.127. The Labute approximate surface area is 204 Å². The first kappa shape index (κ1) is 24.4. The Morgan fingerprint density at radius 2 is 2.09 bits per heavy atom. The zero-order valence-electron chi connectivity index (χ0n) is 19.6. The molecule has 2 aliphatic rings. The lowest BCUT2D eigenvalue weighted by Crippen LogP contribution is -2.44. The molecule has 1 unspecified atom stereocenters. The van der Waals surface area contributed by atoms with Gasteiger partial charge in [0.15, 0.2) is 5.78 Å². The van der Waals surface area contributed by atoms with E-state index in [1.807, 2.05) is 30.0 Å². The molecule has 1 saturated carbocycles. The standard InChI is InChI=1S/C25H31ClN4O4/c1-16(14-34-2)12-20(31)21-22(28-15-27-21)23(32)29-18-6-8-25(9-7-18)10-11-30(24(25)33)19-5-3-4-17(26)13-19/h3-5,13,15-16,18H,6-12,14H2,1-2H3,(H,27,28)(H,29,32). The molecule has 1 aliphatic carbocycles. The molecule has 2 heterocycles. The van der Waals surface area contributed by atoms with Crippen LogP contribution in [0, 0.1) is 11.3 Å². The first-order valence-corrected chi connectivity index (χ1v) is 12.1. The van der Waals surface area contributed by atoms with Crippen LogP contribution in [-0.4, -0.2) is 53.9 Å². The fourth-order valence-electron chi connectivity index (χ4n) is 5.18. The number of amides is 2. The summed E-state index contributed by atoms with van der Waals surface area (Å²) in [5.74, 6) is -0.336. The molecule has 9 heteroatoms. The molecular weight excluding hydrogens is 456 g/mol. The van der Waals surface area contributed by atoms with Crippen LogP contribution in [0.15, 0.2) is 30.6 Å². The first-order chi connectivity index (χ1) is 16.3. The van der Waals surface area contributed by atoms with Crippen molar-refractivity contribution in [3.05, 3.63) is 47.0 Å². The Morgan fingerprint density at radius 1 is 1.32 bits per heavy atom. The summed E-state index contributed by atoms with van der Waals surface area (Å²) in [4.78, 5) is 47.6. The Morgan fingerprint density at radius 3 is 2.79 bits per heavy atom. The minimum absolute atomic E-state index is 0.0371. The summed E-state index contributed by atoms with van der Waals surface area (Å²) in [5, 5.41) is 3.65. The molecule has 8 nitrogen and oxygen atoms in total. The largest absolute Gasteiger partial charge is 0.384 e. The number of carbonyl (C=O) groups excluding carboxylic acids is 3. The quantitative estimate of drug-likeness (QED) is 0.548. The Hall–Kier alpha value is -2.71. The molecule has 4 rings (SSSR count). The van der Waals surface area contributed by atoms with Crippen molar-refractivity contribution in [3.63, 3.8) is 0 Å². The maximum Gasteiger partial charge on any atom is 0.270 e. The van der Waals surface area contributed by atoms with Crippen molar-refractivity contribution in [1.29, 1.82) is 0 Å². The molecule has 0 bridgehead atoms. The molecule has 1 aromatic heterocycles. The van der Waals surface area contributed by atoms with Crippen molar-refractivity contribution in [2.24, 2.45) is 11.3 Å². The molecule has 182 valence electrons. The van der Waals surface area contributed by atoms with E-state index in [-0.39, 0.29) is 52.8 Å². The summed E-state index contributed by atoms with van der Waals surface area (Å²) < 4.78 is 5.09.